The first-order valence-corrected chi connectivity index (χ1v) is 5.58. The van der Waals surface area contributed by atoms with Gasteiger partial charge in [0.25, 0.3) is 0 Å². The Morgan fingerprint density at radius 2 is 2.15 bits per heavy atom. The third kappa shape index (κ3) is 3.71. The normalized spacial score (nSPS) is 9.77. The highest BCUT2D eigenvalue weighted by atomic mass is 79.9. The Bertz CT molecular complexity index is 325. The van der Waals surface area contributed by atoms with Crippen molar-refractivity contribution in [3.63, 3.8) is 0 Å². The van der Waals surface area contributed by atoms with Gasteiger partial charge in [-0.3, -0.25) is 0 Å². The van der Waals surface area contributed by atoms with Crippen molar-refractivity contribution in [3.8, 4) is 0 Å². The second-order valence-corrected chi connectivity index (χ2v) is 4.80. The molecule has 1 aromatic rings. The van der Waals surface area contributed by atoms with E-state index in [0.717, 1.165) is 14.6 Å². The largest absolute Gasteiger partial charge is 0.379 e. The van der Waals surface area contributed by atoms with Gasteiger partial charge in [0, 0.05) is 19.7 Å². The lowest BCUT2D eigenvalue weighted by Gasteiger charge is -2.07. The molecule has 1 nitrogen and oxygen atoms in total. The minimum atomic E-state index is 0.571. The van der Waals surface area contributed by atoms with Crippen molar-refractivity contribution < 1.29 is 0 Å². The molecule has 1 N–H and O–H groups in total. The minimum Gasteiger partial charge on any atom is -0.379 e. The molecule has 1 aromatic carbocycles. The van der Waals surface area contributed by atoms with E-state index in [1.54, 1.807) is 0 Å². The molecule has 0 saturated carbocycles. The Balaban J connectivity index is 2.72. The molecule has 0 spiro atoms. The van der Waals surface area contributed by atoms with Gasteiger partial charge >= 0.3 is 0 Å². The zero-order chi connectivity index (χ0) is 9.84. The van der Waals surface area contributed by atoms with Gasteiger partial charge in [0.2, 0.25) is 0 Å². The van der Waals surface area contributed by atoms with E-state index in [-0.39, 0.29) is 0 Å². The molecule has 0 aliphatic heterocycles. The van der Waals surface area contributed by atoms with Crippen LogP contribution in [-0.4, -0.2) is 6.54 Å². The first kappa shape index (κ1) is 11.1. The maximum Gasteiger partial charge on any atom is 0.0502 e. The summed E-state index contributed by atoms with van der Waals surface area (Å²) < 4.78 is 2.04. The molecule has 0 fully saturated rings. The molecule has 0 amide bonds. The number of nitrogens with one attached hydrogen (secondary N) is 1. The Morgan fingerprint density at radius 3 is 2.69 bits per heavy atom. The van der Waals surface area contributed by atoms with E-state index in [1.807, 2.05) is 18.2 Å². The molecular weight excluding hydrogens is 317 g/mol. The lowest BCUT2D eigenvalue weighted by Crippen LogP contribution is -2.00. The molecule has 70 valence electrons. The highest BCUT2D eigenvalue weighted by Crippen LogP contribution is 2.26. The number of hydrogen-bond donors (Lipinski definition) is 1. The van der Waals surface area contributed by atoms with Crippen LogP contribution < -0.4 is 5.32 Å². The Labute approximate surface area is 99.4 Å². The maximum absolute atomic E-state index is 5.63. The monoisotopic (exact) mass is 323 g/mol. The van der Waals surface area contributed by atoms with Gasteiger partial charge in [0.15, 0.2) is 0 Å². The molecule has 0 heterocycles. The lowest BCUT2D eigenvalue weighted by molar-refractivity contribution is 1.31. The van der Waals surface area contributed by atoms with Crippen molar-refractivity contribution in [2.45, 2.75) is 0 Å². The summed E-state index contributed by atoms with van der Waals surface area (Å²) in [5.41, 5.74) is 1.00. The second-order valence-electron chi connectivity index (χ2n) is 2.49. The predicted octanol–water partition coefficient (Wildman–Crippen LogP) is 4.38. The number of rotatable bonds is 3. The molecular formula is C9H8Br2ClN. The van der Waals surface area contributed by atoms with Crippen LogP contribution in [0.25, 0.3) is 0 Å². The molecule has 0 radical (unpaired) electrons. The minimum absolute atomic E-state index is 0.571. The maximum atomic E-state index is 5.63. The van der Waals surface area contributed by atoms with E-state index in [1.165, 1.54) is 0 Å². The van der Waals surface area contributed by atoms with Crippen molar-refractivity contribution in [1.29, 1.82) is 0 Å². The molecule has 0 bridgehead atoms. The zero-order valence-corrected chi connectivity index (χ0v) is 10.7. The average Bonchev–Trinajstić information content (AvgIpc) is 2.02. The standard InChI is InChI=1S/C9H8Br2ClN/c1-6(12)5-13-9-3-2-7(10)4-8(9)11/h2-4,13H,1,5H2. The molecule has 0 saturated heterocycles. The van der Waals surface area contributed by atoms with Crippen molar-refractivity contribution in [1.82, 2.24) is 0 Å². The van der Waals surface area contributed by atoms with Crippen LogP contribution in [0.15, 0.2) is 38.8 Å². The quantitative estimate of drug-likeness (QED) is 0.870. The van der Waals surface area contributed by atoms with Gasteiger partial charge in [0.1, 0.15) is 0 Å². The van der Waals surface area contributed by atoms with E-state index in [4.69, 9.17) is 11.6 Å². The molecule has 0 atom stereocenters. The molecule has 0 unspecified atom stereocenters. The Hall–Kier alpha value is 0.01000. The van der Waals surface area contributed by atoms with Crippen molar-refractivity contribution >= 4 is 49.1 Å². The highest BCUT2D eigenvalue weighted by Gasteiger charge is 1.99. The van der Waals surface area contributed by atoms with Gasteiger partial charge in [-0.15, -0.1) is 0 Å². The van der Waals surface area contributed by atoms with Crippen LogP contribution in [0.3, 0.4) is 0 Å². The summed E-state index contributed by atoms with van der Waals surface area (Å²) in [6, 6.07) is 5.90. The third-order valence-corrected chi connectivity index (χ3v) is 2.68. The molecule has 1 rings (SSSR count). The molecule has 0 aromatic heterocycles. The summed E-state index contributed by atoms with van der Waals surface area (Å²) >= 11 is 12.4. The predicted molar refractivity (Wildman–Crippen MR) is 65.3 cm³/mol. The van der Waals surface area contributed by atoms with E-state index >= 15 is 0 Å². The molecule has 0 aliphatic carbocycles. The van der Waals surface area contributed by atoms with E-state index < -0.39 is 0 Å². The average molecular weight is 325 g/mol. The van der Waals surface area contributed by atoms with Crippen LogP contribution in [0.2, 0.25) is 0 Å². The summed E-state index contributed by atoms with van der Waals surface area (Å²) in [6.45, 7) is 4.17. The second kappa shape index (κ2) is 5.03. The van der Waals surface area contributed by atoms with Crippen LogP contribution in [0.1, 0.15) is 0 Å². The van der Waals surface area contributed by atoms with Crippen LogP contribution >= 0.6 is 43.5 Å². The van der Waals surface area contributed by atoms with Crippen LogP contribution in [0.4, 0.5) is 5.69 Å². The van der Waals surface area contributed by atoms with Gasteiger partial charge in [-0.2, -0.15) is 0 Å². The molecule has 13 heavy (non-hydrogen) atoms. The van der Waals surface area contributed by atoms with Gasteiger partial charge in [-0.25, -0.2) is 0 Å². The number of halogens is 3. The fourth-order valence-electron chi connectivity index (χ4n) is 0.824. The number of anilines is 1. The van der Waals surface area contributed by atoms with Gasteiger partial charge < -0.3 is 5.32 Å². The van der Waals surface area contributed by atoms with E-state index in [9.17, 15) is 0 Å². The van der Waals surface area contributed by atoms with E-state index in [0.29, 0.717) is 11.6 Å². The summed E-state index contributed by atoms with van der Waals surface area (Å²) in [6.07, 6.45) is 0. The summed E-state index contributed by atoms with van der Waals surface area (Å²) in [7, 11) is 0. The van der Waals surface area contributed by atoms with Crippen LogP contribution in [0.5, 0.6) is 0 Å². The lowest BCUT2D eigenvalue weighted by atomic mass is 10.3. The SMILES string of the molecule is C=C(Cl)CNc1ccc(Br)cc1Br. The Morgan fingerprint density at radius 1 is 1.46 bits per heavy atom. The topological polar surface area (TPSA) is 12.0 Å². The summed E-state index contributed by atoms with van der Waals surface area (Å²) in [5, 5.41) is 3.73. The highest BCUT2D eigenvalue weighted by molar-refractivity contribution is 9.11. The summed E-state index contributed by atoms with van der Waals surface area (Å²) in [4.78, 5) is 0. The number of benzene rings is 1. The summed E-state index contributed by atoms with van der Waals surface area (Å²) in [5.74, 6) is 0. The van der Waals surface area contributed by atoms with Gasteiger partial charge in [-0.1, -0.05) is 34.1 Å². The van der Waals surface area contributed by atoms with Crippen LogP contribution in [0, 0.1) is 0 Å². The van der Waals surface area contributed by atoms with Gasteiger partial charge in [-0.05, 0) is 34.1 Å². The van der Waals surface area contributed by atoms with Crippen molar-refractivity contribution in [2.24, 2.45) is 0 Å². The van der Waals surface area contributed by atoms with Crippen LogP contribution in [-0.2, 0) is 0 Å². The fraction of sp³-hybridized carbons (Fsp3) is 0.111. The van der Waals surface area contributed by atoms with Crippen molar-refractivity contribution in [3.05, 3.63) is 38.8 Å². The first-order chi connectivity index (χ1) is 6.09. The van der Waals surface area contributed by atoms with Crippen molar-refractivity contribution in [2.75, 3.05) is 11.9 Å². The number of hydrogen-bond acceptors (Lipinski definition) is 1. The first-order valence-electron chi connectivity index (χ1n) is 3.62. The fourth-order valence-corrected chi connectivity index (χ4v) is 2.08. The molecule has 0 aliphatic rings. The third-order valence-electron chi connectivity index (χ3n) is 1.40. The zero-order valence-electron chi connectivity index (χ0n) is 6.78. The van der Waals surface area contributed by atoms with E-state index in [2.05, 4.69) is 43.8 Å². The van der Waals surface area contributed by atoms with Gasteiger partial charge in [0.05, 0.1) is 6.54 Å². The Kier molecular flexibility index (Phi) is 4.29. The smallest absolute Gasteiger partial charge is 0.0502 e. The molecule has 4 heteroatoms.